The Morgan fingerprint density at radius 3 is 2.13 bits per heavy atom. The average molecular weight is 519 g/mol. The van der Waals surface area contributed by atoms with Crippen LogP contribution in [0.4, 0.5) is 17.1 Å². The number of carbonyl (C=O) groups excluding carboxylic acids is 1. The highest BCUT2D eigenvalue weighted by Gasteiger charge is 2.56. The third-order valence-corrected chi connectivity index (χ3v) is 8.20. The van der Waals surface area contributed by atoms with Crippen LogP contribution in [0.25, 0.3) is 0 Å². The van der Waals surface area contributed by atoms with E-state index in [-0.39, 0.29) is 11.4 Å². The molecular weight excluding hydrogens is 484 g/mol. The molecule has 5 heteroatoms. The van der Waals surface area contributed by atoms with E-state index in [0.29, 0.717) is 17.1 Å². The lowest BCUT2D eigenvalue weighted by molar-refractivity contribution is 0.0226. The minimum Gasteiger partial charge on any atom is -0.456 e. The van der Waals surface area contributed by atoms with Crippen molar-refractivity contribution in [2.45, 2.75) is 46.1 Å². The summed E-state index contributed by atoms with van der Waals surface area (Å²) in [5.74, 6) is 1.02. The van der Waals surface area contributed by atoms with E-state index in [2.05, 4.69) is 44.4 Å². The van der Waals surface area contributed by atoms with Gasteiger partial charge >= 0.3 is 5.97 Å². The molecular formula is C34H34N2O3. The molecule has 0 aromatic heterocycles. The summed E-state index contributed by atoms with van der Waals surface area (Å²) in [4.78, 5) is 14.0. The summed E-state index contributed by atoms with van der Waals surface area (Å²) < 4.78 is 12.9. The van der Waals surface area contributed by atoms with Crippen LogP contribution in [0.5, 0.6) is 11.5 Å². The molecule has 4 aromatic rings. The monoisotopic (exact) mass is 518 g/mol. The molecule has 2 aliphatic heterocycles. The topological polar surface area (TPSA) is 59.6 Å². The Morgan fingerprint density at radius 2 is 1.49 bits per heavy atom. The molecule has 4 aromatic carbocycles. The van der Waals surface area contributed by atoms with E-state index in [1.54, 1.807) is 0 Å². The van der Waals surface area contributed by atoms with E-state index in [4.69, 9.17) is 9.47 Å². The normalized spacial score (nSPS) is 14.6. The maximum absolute atomic E-state index is 14.0. The minimum absolute atomic E-state index is 0.209. The van der Waals surface area contributed by atoms with E-state index in [0.717, 1.165) is 58.7 Å². The number of esters is 1. The summed E-state index contributed by atoms with van der Waals surface area (Å²) >= 11 is 0. The predicted octanol–water partition coefficient (Wildman–Crippen LogP) is 8.54. The Morgan fingerprint density at radius 1 is 0.872 bits per heavy atom. The summed E-state index contributed by atoms with van der Waals surface area (Å²) in [6, 6.07) is 27.8. The van der Waals surface area contributed by atoms with Gasteiger partial charge in [0.25, 0.3) is 0 Å². The SMILES string of the molecule is CCC(C)(C)CCNc1cc(C)c(Nc2ccccc2)c2c1C(=O)OC21c2ccccc2Oc2ccccc21. The van der Waals surface area contributed by atoms with Gasteiger partial charge in [0.15, 0.2) is 5.60 Å². The highest BCUT2D eigenvalue weighted by atomic mass is 16.6. The van der Waals surface area contributed by atoms with Gasteiger partial charge in [-0.3, -0.25) is 0 Å². The molecule has 0 bridgehead atoms. The number of carbonyl (C=O) groups is 1. The van der Waals surface area contributed by atoms with Crippen molar-refractivity contribution in [1.29, 1.82) is 0 Å². The van der Waals surface area contributed by atoms with Crippen LogP contribution in [0, 0.1) is 12.3 Å². The zero-order valence-electron chi connectivity index (χ0n) is 22.9. The van der Waals surface area contributed by atoms with E-state index < -0.39 is 5.60 Å². The van der Waals surface area contributed by atoms with Crippen LogP contribution in [-0.2, 0) is 10.3 Å². The average Bonchev–Trinajstić information content (AvgIpc) is 3.24. The molecule has 2 heterocycles. The van der Waals surface area contributed by atoms with Crippen LogP contribution in [0.2, 0.25) is 0 Å². The maximum Gasteiger partial charge on any atom is 0.342 e. The van der Waals surface area contributed by atoms with Crippen LogP contribution >= 0.6 is 0 Å². The lowest BCUT2D eigenvalue weighted by atomic mass is 9.76. The number of hydrogen-bond acceptors (Lipinski definition) is 5. The molecule has 0 radical (unpaired) electrons. The second-order valence-electron chi connectivity index (χ2n) is 11.2. The number of aryl methyl sites for hydroxylation is 1. The molecule has 39 heavy (non-hydrogen) atoms. The fourth-order valence-corrected chi connectivity index (χ4v) is 5.64. The lowest BCUT2D eigenvalue weighted by Gasteiger charge is -2.37. The third kappa shape index (κ3) is 4.13. The smallest absolute Gasteiger partial charge is 0.342 e. The first-order valence-corrected chi connectivity index (χ1v) is 13.7. The Kier molecular flexibility index (Phi) is 6.10. The Bertz CT molecular complexity index is 1510. The molecule has 6 rings (SSSR count). The number of anilines is 3. The summed E-state index contributed by atoms with van der Waals surface area (Å²) in [5.41, 5.74) is 5.71. The summed E-state index contributed by atoms with van der Waals surface area (Å²) in [5, 5.41) is 7.25. The summed E-state index contributed by atoms with van der Waals surface area (Å²) in [6.45, 7) is 9.61. The standard InChI is InChI=1S/C34H34N2O3/c1-5-33(3,4)19-20-35-26-21-22(2)31(36-23-13-7-6-8-14-23)30-29(26)32(37)39-34(30)24-15-9-11-17-27(24)38-28-18-12-10-16-25(28)34/h6-18,21,35-36H,5,19-20H2,1-4H3. The van der Waals surface area contributed by atoms with Gasteiger partial charge in [-0.25, -0.2) is 4.79 Å². The number of hydrogen-bond donors (Lipinski definition) is 2. The number of fused-ring (bicyclic) bond motifs is 6. The van der Waals surface area contributed by atoms with Gasteiger partial charge in [-0.05, 0) is 54.7 Å². The van der Waals surface area contributed by atoms with Gasteiger partial charge in [-0.15, -0.1) is 0 Å². The van der Waals surface area contributed by atoms with Crippen molar-refractivity contribution in [3.63, 3.8) is 0 Å². The van der Waals surface area contributed by atoms with Crippen LogP contribution < -0.4 is 15.4 Å². The fraction of sp³-hybridized carbons (Fsp3) is 0.265. The molecule has 0 saturated carbocycles. The Labute approximate surface area is 230 Å². The molecule has 2 N–H and O–H groups in total. The van der Waals surface area contributed by atoms with Crippen LogP contribution in [-0.4, -0.2) is 12.5 Å². The van der Waals surface area contributed by atoms with Gasteiger partial charge in [0.1, 0.15) is 11.5 Å². The molecule has 2 aliphatic rings. The van der Waals surface area contributed by atoms with Crippen molar-refractivity contribution in [3.8, 4) is 11.5 Å². The van der Waals surface area contributed by atoms with Crippen molar-refractivity contribution in [3.05, 3.63) is 113 Å². The first kappa shape index (κ1) is 25.1. The van der Waals surface area contributed by atoms with Crippen molar-refractivity contribution in [2.24, 2.45) is 5.41 Å². The van der Waals surface area contributed by atoms with E-state index in [1.807, 2.05) is 78.9 Å². The summed E-state index contributed by atoms with van der Waals surface area (Å²) in [7, 11) is 0. The molecule has 0 atom stereocenters. The van der Waals surface area contributed by atoms with Crippen molar-refractivity contribution in [2.75, 3.05) is 17.2 Å². The van der Waals surface area contributed by atoms with Gasteiger partial charge in [0.2, 0.25) is 0 Å². The quantitative estimate of drug-likeness (QED) is 0.240. The molecule has 0 amide bonds. The van der Waals surface area contributed by atoms with Crippen LogP contribution in [0.15, 0.2) is 84.9 Å². The number of para-hydroxylation sites is 3. The Hall–Kier alpha value is -4.25. The van der Waals surface area contributed by atoms with Crippen molar-refractivity contribution in [1.82, 2.24) is 0 Å². The van der Waals surface area contributed by atoms with E-state index in [9.17, 15) is 4.79 Å². The first-order chi connectivity index (χ1) is 18.8. The second-order valence-corrected chi connectivity index (χ2v) is 11.2. The highest BCUT2D eigenvalue weighted by molar-refractivity contribution is 6.05. The third-order valence-electron chi connectivity index (χ3n) is 8.20. The molecule has 0 saturated heterocycles. The number of rotatable bonds is 7. The highest BCUT2D eigenvalue weighted by Crippen LogP contribution is 2.59. The molecule has 0 fully saturated rings. The van der Waals surface area contributed by atoms with Gasteiger partial charge in [-0.1, -0.05) is 81.8 Å². The second kappa shape index (κ2) is 9.49. The molecule has 1 spiro atoms. The Balaban J connectivity index is 1.60. The lowest BCUT2D eigenvalue weighted by Crippen LogP contribution is -2.33. The number of benzene rings is 4. The molecule has 5 nitrogen and oxygen atoms in total. The minimum atomic E-state index is -1.15. The zero-order chi connectivity index (χ0) is 27.2. The molecule has 0 aliphatic carbocycles. The molecule has 0 unspecified atom stereocenters. The number of nitrogens with one attached hydrogen (secondary N) is 2. The zero-order valence-corrected chi connectivity index (χ0v) is 22.9. The van der Waals surface area contributed by atoms with Crippen LogP contribution in [0.1, 0.15) is 66.2 Å². The number of ether oxygens (including phenoxy) is 2. The largest absolute Gasteiger partial charge is 0.456 e. The van der Waals surface area contributed by atoms with Gasteiger partial charge in [0, 0.05) is 34.6 Å². The fourth-order valence-electron chi connectivity index (χ4n) is 5.64. The summed E-state index contributed by atoms with van der Waals surface area (Å²) in [6.07, 6.45) is 2.07. The van der Waals surface area contributed by atoms with Crippen molar-refractivity contribution >= 4 is 23.0 Å². The maximum atomic E-state index is 14.0. The molecule has 198 valence electrons. The van der Waals surface area contributed by atoms with Gasteiger partial charge in [0.05, 0.1) is 11.3 Å². The van der Waals surface area contributed by atoms with Gasteiger partial charge < -0.3 is 20.1 Å². The van der Waals surface area contributed by atoms with E-state index in [1.165, 1.54) is 0 Å². The van der Waals surface area contributed by atoms with Crippen LogP contribution in [0.3, 0.4) is 0 Å². The predicted molar refractivity (Wildman–Crippen MR) is 156 cm³/mol. The van der Waals surface area contributed by atoms with Crippen molar-refractivity contribution < 1.29 is 14.3 Å². The van der Waals surface area contributed by atoms with E-state index >= 15 is 0 Å². The van der Waals surface area contributed by atoms with Gasteiger partial charge in [-0.2, -0.15) is 0 Å². The first-order valence-electron chi connectivity index (χ1n) is 13.7.